The molecule has 0 aliphatic rings. The molecule has 0 amide bonds. The number of halogens is 2. The fourth-order valence-corrected chi connectivity index (χ4v) is 2.79. The van der Waals surface area contributed by atoms with Crippen molar-refractivity contribution in [2.45, 2.75) is 13.0 Å². The van der Waals surface area contributed by atoms with Crippen molar-refractivity contribution in [3.8, 4) is 0 Å². The second kappa shape index (κ2) is 4.75. The van der Waals surface area contributed by atoms with Crippen molar-refractivity contribution in [3.05, 3.63) is 38.3 Å². The van der Waals surface area contributed by atoms with Crippen molar-refractivity contribution >= 4 is 34.5 Å². The molecule has 0 bridgehead atoms. The van der Waals surface area contributed by atoms with Crippen molar-refractivity contribution in [1.82, 2.24) is 9.78 Å². The zero-order valence-corrected chi connectivity index (χ0v) is 11.0. The fourth-order valence-electron chi connectivity index (χ4n) is 1.48. The molecule has 2 N–H and O–H groups in total. The Morgan fingerprint density at radius 2 is 2.25 bits per heavy atom. The summed E-state index contributed by atoms with van der Waals surface area (Å²) in [6, 6.07) is 3.83. The van der Waals surface area contributed by atoms with Gasteiger partial charge in [0.25, 0.3) is 0 Å². The van der Waals surface area contributed by atoms with Crippen molar-refractivity contribution in [1.29, 1.82) is 0 Å². The van der Waals surface area contributed by atoms with E-state index in [0.29, 0.717) is 11.6 Å². The first-order valence-corrected chi connectivity index (χ1v) is 6.35. The molecule has 1 atom stereocenters. The monoisotopic (exact) mass is 275 g/mol. The van der Waals surface area contributed by atoms with Crippen LogP contribution in [0.1, 0.15) is 16.6 Å². The highest BCUT2D eigenvalue weighted by molar-refractivity contribution is 7.16. The summed E-state index contributed by atoms with van der Waals surface area (Å²) in [6.07, 6.45) is 1.79. The van der Waals surface area contributed by atoms with Crippen LogP contribution in [0, 0.1) is 6.92 Å². The molecule has 2 rings (SSSR count). The van der Waals surface area contributed by atoms with Gasteiger partial charge in [-0.05, 0) is 19.1 Å². The molecule has 3 nitrogen and oxygen atoms in total. The van der Waals surface area contributed by atoms with E-state index in [1.807, 2.05) is 19.1 Å². The summed E-state index contributed by atoms with van der Waals surface area (Å²) >= 11 is 13.4. The lowest BCUT2D eigenvalue weighted by atomic mass is 10.2. The van der Waals surface area contributed by atoms with E-state index in [1.54, 1.807) is 10.9 Å². The van der Waals surface area contributed by atoms with Gasteiger partial charge in [-0.1, -0.05) is 23.2 Å². The maximum Gasteiger partial charge on any atom is 0.0983 e. The molecular weight excluding hydrogens is 265 g/mol. The van der Waals surface area contributed by atoms with Crippen LogP contribution in [0.15, 0.2) is 18.3 Å². The minimum atomic E-state index is 0.00343. The van der Waals surface area contributed by atoms with E-state index < -0.39 is 0 Å². The molecule has 2 aromatic heterocycles. The van der Waals surface area contributed by atoms with E-state index in [4.69, 9.17) is 28.9 Å². The Labute approximate surface area is 108 Å². The number of aromatic nitrogens is 2. The second-order valence-electron chi connectivity index (χ2n) is 3.44. The molecule has 6 heteroatoms. The second-order valence-corrected chi connectivity index (χ2v) is 5.59. The molecule has 0 aromatic carbocycles. The number of rotatable bonds is 3. The number of thiophene rings is 1. The molecule has 0 aliphatic heterocycles. The molecule has 2 aromatic rings. The molecule has 0 aliphatic carbocycles. The molecule has 2 heterocycles. The van der Waals surface area contributed by atoms with Crippen LogP contribution in [-0.4, -0.2) is 16.3 Å². The van der Waals surface area contributed by atoms with Crippen LogP contribution in [0.4, 0.5) is 0 Å². The van der Waals surface area contributed by atoms with Crippen LogP contribution in [0.3, 0.4) is 0 Å². The average molecular weight is 276 g/mol. The van der Waals surface area contributed by atoms with Gasteiger partial charge in [0.15, 0.2) is 0 Å². The van der Waals surface area contributed by atoms with Gasteiger partial charge in [-0.25, -0.2) is 0 Å². The minimum absolute atomic E-state index is 0.00343. The number of aryl methyl sites for hydroxylation is 1. The molecule has 0 fully saturated rings. The molecule has 0 saturated carbocycles. The fraction of sp³-hybridized carbons (Fsp3) is 0.300. The maximum atomic E-state index is 5.98. The van der Waals surface area contributed by atoms with Crippen LogP contribution in [0.5, 0.6) is 0 Å². The van der Waals surface area contributed by atoms with Crippen molar-refractivity contribution in [3.63, 3.8) is 0 Å². The highest BCUT2D eigenvalue weighted by atomic mass is 35.5. The molecule has 0 radical (unpaired) electrons. The third-order valence-electron chi connectivity index (χ3n) is 2.32. The van der Waals surface area contributed by atoms with E-state index in [-0.39, 0.29) is 6.04 Å². The largest absolute Gasteiger partial charge is 0.328 e. The molecule has 86 valence electrons. The van der Waals surface area contributed by atoms with E-state index >= 15 is 0 Å². The van der Waals surface area contributed by atoms with Gasteiger partial charge in [-0.15, -0.1) is 11.3 Å². The lowest BCUT2D eigenvalue weighted by molar-refractivity contribution is 0.536. The van der Waals surface area contributed by atoms with Crippen LogP contribution >= 0.6 is 34.5 Å². The Balaban J connectivity index is 2.36. The topological polar surface area (TPSA) is 43.8 Å². The molecule has 0 saturated heterocycles. The SMILES string of the molecule is Cc1nn(C(CN)c2ccc(Cl)s2)cc1Cl. The molecule has 1 unspecified atom stereocenters. The zero-order valence-electron chi connectivity index (χ0n) is 8.65. The minimum Gasteiger partial charge on any atom is -0.328 e. The number of hydrogen-bond donors (Lipinski definition) is 1. The summed E-state index contributed by atoms with van der Waals surface area (Å²) in [4.78, 5) is 1.09. The Hall–Kier alpha value is -0.550. The van der Waals surface area contributed by atoms with Gasteiger partial charge in [0.05, 0.1) is 21.1 Å². The predicted octanol–water partition coefficient (Wildman–Crippen LogP) is 3.11. The summed E-state index contributed by atoms with van der Waals surface area (Å²) in [5.74, 6) is 0. The van der Waals surface area contributed by atoms with Crippen molar-refractivity contribution < 1.29 is 0 Å². The highest BCUT2D eigenvalue weighted by Crippen LogP contribution is 2.29. The number of nitrogens with zero attached hydrogens (tertiary/aromatic N) is 2. The van der Waals surface area contributed by atoms with Gasteiger partial charge in [-0.3, -0.25) is 4.68 Å². The summed E-state index contributed by atoms with van der Waals surface area (Å²) in [5.41, 5.74) is 6.57. The summed E-state index contributed by atoms with van der Waals surface area (Å²) in [6.45, 7) is 2.34. The normalized spacial score (nSPS) is 13.0. The molecule has 16 heavy (non-hydrogen) atoms. The Bertz CT molecular complexity index is 472. The van der Waals surface area contributed by atoms with Gasteiger partial charge < -0.3 is 5.73 Å². The van der Waals surface area contributed by atoms with Crippen LogP contribution in [-0.2, 0) is 0 Å². The first kappa shape index (κ1) is 11.9. The van der Waals surface area contributed by atoms with E-state index in [9.17, 15) is 0 Å². The highest BCUT2D eigenvalue weighted by Gasteiger charge is 2.16. The lowest BCUT2D eigenvalue weighted by Crippen LogP contribution is -2.20. The maximum absolute atomic E-state index is 5.98. The van der Waals surface area contributed by atoms with Crippen LogP contribution in [0.25, 0.3) is 0 Å². The summed E-state index contributed by atoms with van der Waals surface area (Å²) in [5, 5.41) is 4.99. The Kier molecular flexibility index (Phi) is 3.54. The van der Waals surface area contributed by atoms with Crippen LogP contribution < -0.4 is 5.73 Å². The number of nitrogens with two attached hydrogens (primary N) is 1. The third-order valence-corrected chi connectivity index (χ3v) is 4.03. The lowest BCUT2D eigenvalue weighted by Gasteiger charge is -2.13. The van der Waals surface area contributed by atoms with Gasteiger partial charge in [0, 0.05) is 17.6 Å². The van der Waals surface area contributed by atoms with E-state index in [0.717, 1.165) is 14.9 Å². The summed E-state index contributed by atoms with van der Waals surface area (Å²) in [7, 11) is 0. The summed E-state index contributed by atoms with van der Waals surface area (Å²) < 4.78 is 2.54. The van der Waals surface area contributed by atoms with Crippen molar-refractivity contribution in [2.75, 3.05) is 6.54 Å². The quantitative estimate of drug-likeness (QED) is 0.936. The van der Waals surface area contributed by atoms with Gasteiger partial charge >= 0.3 is 0 Å². The van der Waals surface area contributed by atoms with E-state index in [2.05, 4.69) is 5.10 Å². The Morgan fingerprint density at radius 1 is 1.50 bits per heavy atom. The standard InChI is InChI=1S/C10H11Cl2N3S/c1-6-7(11)5-15(14-6)8(4-13)9-2-3-10(12)16-9/h2-3,5,8H,4,13H2,1H3. The average Bonchev–Trinajstić information content (AvgIpc) is 2.77. The smallest absolute Gasteiger partial charge is 0.0983 e. The zero-order chi connectivity index (χ0) is 11.7. The van der Waals surface area contributed by atoms with Gasteiger partial charge in [-0.2, -0.15) is 5.10 Å². The van der Waals surface area contributed by atoms with Crippen LogP contribution in [0.2, 0.25) is 9.36 Å². The van der Waals surface area contributed by atoms with Gasteiger partial charge in [0.2, 0.25) is 0 Å². The van der Waals surface area contributed by atoms with E-state index in [1.165, 1.54) is 11.3 Å². The Morgan fingerprint density at radius 3 is 2.69 bits per heavy atom. The first-order valence-electron chi connectivity index (χ1n) is 4.78. The molecule has 0 spiro atoms. The van der Waals surface area contributed by atoms with Crippen molar-refractivity contribution in [2.24, 2.45) is 5.73 Å². The third kappa shape index (κ3) is 2.25. The predicted molar refractivity (Wildman–Crippen MR) is 68.5 cm³/mol. The number of hydrogen-bond acceptors (Lipinski definition) is 3. The molecular formula is C10H11Cl2N3S. The first-order chi connectivity index (χ1) is 7.61. The van der Waals surface area contributed by atoms with Gasteiger partial charge in [0.1, 0.15) is 0 Å².